The Morgan fingerprint density at radius 1 is 1.35 bits per heavy atom. The van der Waals surface area contributed by atoms with Crippen LogP contribution in [0.4, 0.5) is 5.69 Å². The fourth-order valence-electron chi connectivity index (χ4n) is 1.85. The van der Waals surface area contributed by atoms with Crippen molar-refractivity contribution in [3.05, 3.63) is 41.3 Å². The maximum absolute atomic E-state index is 12.5. The van der Waals surface area contributed by atoms with Crippen LogP contribution >= 0.6 is 11.3 Å². The van der Waals surface area contributed by atoms with Crippen LogP contribution in [0.15, 0.2) is 39.9 Å². The van der Waals surface area contributed by atoms with Crippen molar-refractivity contribution in [2.75, 3.05) is 12.8 Å². The molecule has 108 valence electrons. The van der Waals surface area contributed by atoms with Crippen molar-refractivity contribution in [3.63, 3.8) is 0 Å². The van der Waals surface area contributed by atoms with Gasteiger partial charge in [-0.1, -0.05) is 18.2 Å². The van der Waals surface area contributed by atoms with Crippen molar-refractivity contribution in [2.24, 2.45) is 0 Å². The minimum atomic E-state index is -3.62. The lowest BCUT2D eigenvalue weighted by atomic mass is 10.1. The molecule has 0 saturated carbocycles. The fraction of sp³-hybridized carbons (Fsp3) is 0.231. The van der Waals surface area contributed by atoms with E-state index in [2.05, 4.69) is 0 Å². The van der Waals surface area contributed by atoms with Crippen molar-refractivity contribution in [1.29, 1.82) is 0 Å². The molecule has 0 bridgehead atoms. The summed E-state index contributed by atoms with van der Waals surface area (Å²) >= 11 is 1.08. The Labute approximate surface area is 122 Å². The van der Waals surface area contributed by atoms with Crippen LogP contribution in [-0.2, 0) is 10.0 Å². The Morgan fingerprint density at radius 2 is 2.00 bits per heavy atom. The van der Waals surface area contributed by atoms with Gasteiger partial charge < -0.3 is 10.8 Å². The highest BCUT2D eigenvalue weighted by Crippen LogP contribution is 2.33. The maximum atomic E-state index is 12.5. The summed E-state index contributed by atoms with van der Waals surface area (Å²) in [5.41, 5.74) is 6.56. The number of para-hydroxylation sites is 1. The number of nitrogen functional groups attached to an aromatic ring is 1. The number of sulfonamides is 1. The lowest BCUT2D eigenvalue weighted by molar-refractivity contribution is 0.382. The number of nitrogens with two attached hydrogens (primary N) is 1. The lowest BCUT2D eigenvalue weighted by Crippen LogP contribution is -2.29. The molecule has 3 N–H and O–H groups in total. The second kappa shape index (κ2) is 5.43. The summed E-state index contributed by atoms with van der Waals surface area (Å²) in [7, 11) is -2.13. The fourth-order valence-corrected chi connectivity index (χ4v) is 4.46. The van der Waals surface area contributed by atoms with Gasteiger partial charge in [0, 0.05) is 23.7 Å². The summed E-state index contributed by atoms with van der Waals surface area (Å²) in [6.07, 6.45) is 0. The van der Waals surface area contributed by atoms with Gasteiger partial charge in [0.1, 0.15) is 9.96 Å². The summed E-state index contributed by atoms with van der Waals surface area (Å²) in [4.78, 5) is 0. The van der Waals surface area contributed by atoms with Gasteiger partial charge in [0.25, 0.3) is 10.0 Å². The van der Waals surface area contributed by atoms with E-state index in [0.717, 1.165) is 11.3 Å². The van der Waals surface area contributed by atoms with Crippen molar-refractivity contribution >= 4 is 27.0 Å². The highest BCUT2D eigenvalue weighted by molar-refractivity contribution is 7.91. The van der Waals surface area contributed by atoms with Gasteiger partial charge in [-0.2, -0.15) is 4.31 Å². The Kier molecular flexibility index (Phi) is 4.03. The summed E-state index contributed by atoms with van der Waals surface area (Å²) in [5.74, 6) is 0.0766. The van der Waals surface area contributed by atoms with Crippen LogP contribution in [0.5, 0.6) is 5.75 Å². The van der Waals surface area contributed by atoms with Crippen LogP contribution < -0.4 is 5.73 Å². The molecule has 1 atom stereocenters. The van der Waals surface area contributed by atoms with E-state index in [4.69, 9.17) is 5.73 Å². The number of anilines is 1. The molecule has 0 saturated heterocycles. The number of benzene rings is 1. The molecular weight excluding hydrogens is 296 g/mol. The van der Waals surface area contributed by atoms with Gasteiger partial charge in [-0.15, -0.1) is 11.3 Å². The minimum Gasteiger partial charge on any atom is -0.508 e. The lowest BCUT2D eigenvalue weighted by Gasteiger charge is -2.24. The van der Waals surface area contributed by atoms with Crippen LogP contribution in [0.2, 0.25) is 0 Å². The van der Waals surface area contributed by atoms with E-state index in [0.29, 0.717) is 11.3 Å². The van der Waals surface area contributed by atoms with Crippen LogP contribution in [-0.4, -0.2) is 24.9 Å². The van der Waals surface area contributed by atoms with E-state index < -0.39 is 16.1 Å². The van der Waals surface area contributed by atoms with Gasteiger partial charge in [-0.3, -0.25) is 0 Å². The van der Waals surface area contributed by atoms with Crippen molar-refractivity contribution < 1.29 is 13.5 Å². The highest BCUT2D eigenvalue weighted by Gasteiger charge is 2.28. The Hall–Kier alpha value is -1.57. The van der Waals surface area contributed by atoms with Gasteiger partial charge >= 0.3 is 0 Å². The summed E-state index contributed by atoms with van der Waals surface area (Å²) < 4.78 is 26.4. The van der Waals surface area contributed by atoms with Gasteiger partial charge in [0.15, 0.2) is 0 Å². The Balaban J connectivity index is 2.36. The molecule has 0 aliphatic rings. The molecule has 0 fully saturated rings. The zero-order chi connectivity index (χ0) is 14.9. The molecule has 5 nitrogen and oxygen atoms in total. The molecule has 1 heterocycles. The SMILES string of the molecule is CC(c1ccccc1O)N(C)S(=O)(=O)c1cc(N)cs1. The van der Waals surface area contributed by atoms with E-state index in [1.807, 2.05) is 0 Å². The largest absolute Gasteiger partial charge is 0.508 e. The number of rotatable bonds is 4. The average molecular weight is 312 g/mol. The quantitative estimate of drug-likeness (QED) is 0.908. The summed E-state index contributed by atoms with van der Waals surface area (Å²) in [5, 5.41) is 11.4. The average Bonchev–Trinajstić information content (AvgIpc) is 2.85. The topological polar surface area (TPSA) is 83.6 Å². The van der Waals surface area contributed by atoms with Crippen LogP contribution in [0.1, 0.15) is 18.5 Å². The monoisotopic (exact) mass is 312 g/mol. The first-order chi connectivity index (χ1) is 9.34. The molecule has 2 aromatic rings. The normalized spacial score (nSPS) is 13.6. The molecule has 2 rings (SSSR count). The number of phenols is 1. The predicted octanol–water partition coefficient (Wildman–Crippen LogP) is 2.42. The van der Waals surface area contributed by atoms with Crippen molar-refractivity contribution in [3.8, 4) is 5.75 Å². The molecule has 0 spiro atoms. The number of phenolic OH excluding ortho intramolecular Hbond substituents is 1. The number of nitrogens with zero attached hydrogens (tertiary/aromatic N) is 1. The molecule has 0 aliphatic carbocycles. The summed E-state index contributed by atoms with van der Waals surface area (Å²) in [6, 6.07) is 7.65. The van der Waals surface area contributed by atoms with Gasteiger partial charge in [-0.25, -0.2) is 8.42 Å². The molecule has 1 aromatic carbocycles. The smallest absolute Gasteiger partial charge is 0.252 e. The molecule has 1 unspecified atom stereocenters. The second-order valence-corrected chi connectivity index (χ2v) is 7.59. The maximum Gasteiger partial charge on any atom is 0.252 e. The molecule has 0 amide bonds. The first-order valence-corrected chi connectivity index (χ1v) is 8.26. The minimum absolute atomic E-state index is 0.0766. The first-order valence-electron chi connectivity index (χ1n) is 5.94. The molecule has 1 aromatic heterocycles. The van der Waals surface area contributed by atoms with Crippen LogP contribution in [0.3, 0.4) is 0 Å². The van der Waals surface area contributed by atoms with Crippen molar-refractivity contribution in [2.45, 2.75) is 17.2 Å². The number of thiophene rings is 1. The molecular formula is C13H16N2O3S2. The Bertz CT molecular complexity index is 710. The number of hydrogen-bond donors (Lipinski definition) is 2. The predicted molar refractivity (Wildman–Crippen MR) is 80.2 cm³/mol. The zero-order valence-electron chi connectivity index (χ0n) is 11.1. The molecule has 0 aliphatic heterocycles. The van der Waals surface area contributed by atoms with E-state index in [1.54, 1.807) is 30.5 Å². The van der Waals surface area contributed by atoms with E-state index in [9.17, 15) is 13.5 Å². The zero-order valence-corrected chi connectivity index (χ0v) is 12.8. The third-order valence-electron chi connectivity index (χ3n) is 3.16. The molecule has 7 heteroatoms. The third-order valence-corrected chi connectivity index (χ3v) is 6.52. The standard InChI is InChI=1S/C13H16N2O3S2/c1-9(11-5-3-4-6-12(11)16)15(2)20(17,18)13-7-10(14)8-19-13/h3-9,16H,14H2,1-2H3. The number of hydrogen-bond acceptors (Lipinski definition) is 5. The first kappa shape index (κ1) is 14.8. The Morgan fingerprint density at radius 3 is 2.55 bits per heavy atom. The van der Waals surface area contributed by atoms with Gasteiger partial charge in [0.2, 0.25) is 0 Å². The van der Waals surface area contributed by atoms with E-state index in [-0.39, 0.29) is 9.96 Å². The van der Waals surface area contributed by atoms with Crippen LogP contribution in [0.25, 0.3) is 0 Å². The van der Waals surface area contributed by atoms with Crippen LogP contribution in [0, 0.1) is 0 Å². The van der Waals surface area contributed by atoms with Crippen molar-refractivity contribution in [1.82, 2.24) is 4.31 Å². The highest BCUT2D eigenvalue weighted by atomic mass is 32.2. The molecule has 0 radical (unpaired) electrons. The van der Waals surface area contributed by atoms with E-state index >= 15 is 0 Å². The summed E-state index contributed by atoms with van der Waals surface area (Å²) in [6.45, 7) is 1.73. The van der Waals surface area contributed by atoms with E-state index in [1.165, 1.54) is 23.5 Å². The van der Waals surface area contributed by atoms with Gasteiger partial charge in [0.05, 0.1) is 6.04 Å². The third kappa shape index (κ3) is 2.65. The number of aromatic hydroxyl groups is 1. The second-order valence-electron chi connectivity index (χ2n) is 4.46. The molecule has 20 heavy (non-hydrogen) atoms. The van der Waals surface area contributed by atoms with Gasteiger partial charge in [-0.05, 0) is 19.1 Å².